The molecule has 0 saturated carbocycles. The van der Waals surface area contributed by atoms with Gasteiger partial charge in [0.25, 0.3) is 0 Å². The largest absolute Gasteiger partial charge is 0.491 e. The van der Waals surface area contributed by atoms with E-state index in [0.29, 0.717) is 37.3 Å². The van der Waals surface area contributed by atoms with Crippen LogP contribution in [0.25, 0.3) is 11.4 Å². The molecular formula is C29H44F2N2O. The summed E-state index contributed by atoms with van der Waals surface area (Å²) in [5.41, 5.74) is 2.09. The summed E-state index contributed by atoms with van der Waals surface area (Å²) in [7, 11) is 0. The fourth-order valence-electron chi connectivity index (χ4n) is 4.01. The van der Waals surface area contributed by atoms with Crippen LogP contribution in [-0.4, -0.2) is 28.9 Å². The first-order valence-electron chi connectivity index (χ1n) is 13.4. The van der Waals surface area contributed by atoms with E-state index >= 15 is 0 Å². The molecule has 0 saturated heterocycles. The Morgan fingerprint density at radius 1 is 0.735 bits per heavy atom. The topological polar surface area (TPSA) is 35.0 Å². The fraction of sp³-hybridized carbons (Fsp3) is 0.655. The monoisotopic (exact) mass is 474 g/mol. The molecule has 0 fully saturated rings. The Morgan fingerprint density at radius 3 is 1.94 bits per heavy atom. The predicted molar refractivity (Wildman–Crippen MR) is 138 cm³/mol. The first kappa shape index (κ1) is 28.2. The first-order chi connectivity index (χ1) is 16.6. The van der Waals surface area contributed by atoms with E-state index < -0.39 is 12.3 Å². The SMILES string of the molecule is CCCCCCCCCCCc1cnc(-c2ccc(OCC(F)CCCC(F)CC)cc2)nc1. The summed E-state index contributed by atoms with van der Waals surface area (Å²) >= 11 is 0. The van der Waals surface area contributed by atoms with Crippen LogP contribution in [0.15, 0.2) is 36.7 Å². The van der Waals surface area contributed by atoms with Gasteiger partial charge in [0.15, 0.2) is 5.82 Å². The lowest BCUT2D eigenvalue weighted by Gasteiger charge is -2.11. The third-order valence-corrected chi connectivity index (χ3v) is 6.30. The van der Waals surface area contributed by atoms with Gasteiger partial charge in [-0.2, -0.15) is 0 Å². The average molecular weight is 475 g/mol. The van der Waals surface area contributed by atoms with Gasteiger partial charge in [0.05, 0.1) is 6.17 Å². The molecule has 2 rings (SSSR count). The van der Waals surface area contributed by atoms with Gasteiger partial charge < -0.3 is 4.74 Å². The summed E-state index contributed by atoms with van der Waals surface area (Å²) in [6.07, 6.45) is 16.7. The van der Waals surface area contributed by atoms with Crippen LogP contribution >= 0.6 is 0 Å². The van der Waals surface area contributed by atoms with Crippen molar-refractivity contribution < 1.29 is 13.5 Å². The van der Waals surface area contributed by atoms with Gasteiger partial charge >= 0.3 is 0 Å². The van der Waals surface area contributed by atoms with E-state index in [0.717, 1.165) is 12.0 Å². The molecule has 2 aromatic rings. The number of aryl methyl sites for hydroxylation is 1. The van der Waals surface area contributed by atoms with Crippen molar-refractivity contribution in [1.82, 2.24) is 9.97 Å². The second-order valence-corrected chi connectivity index (χ2v) is 9.36. The molecule has 0 aliphatic carbocycles. The third-order valence-electron chi connectivity index (χ3n) is 6.30. The van der Waals surface area contributed by atoms with E-state index in [4.69, 9.17) is 4.74 Å². The molecule has 1 heterocycles. The van der Waals surface area contributed by atoms with Crippen LogP contribution < -0.4 is 4.74 Å². The predicted octanol–water partition coefficient (Wildman–Crippen LogP) is 8.85. The maximum atomic E-state index is 14.0. The molecule has 2 unspecified atom stereocenters. The molecule has 0 aliphatic heterocycles. The molecule has 0 amide bonds. The second kappa shape index (κ2) is 17.4. The van der Waals surface area contributed by atoms with E-state index in [2.05, 4.69) is 16.9 Å². The third kappa shape index (κ3) is 11.9. The Kier molecular flexibility index (Phi) is 14.4. The summed E-state index contributed by atoms with van der Waals surface area (Å²) in [4.78, 5) is 9.04. The minimum Gasteiger partial charge on any atom is -0.491 e. The zero-order valence-electron chi connectivity index (χ0n) is 21.3. The minimum absolute atomic E-state index is 0.00746. The van der Waals surface area contributed by atoms with Crippen LogP contribution in [0.1, 0.15) is 103 Å². The van der Waals surface area contributed by atoms with Crippen molar-refractivity contribution >= 4 is 0 Å². The van der Waals surface area contributed by atoms with Crippen molar-refractivity contribution in [1.29, 1.82) is 0 Å². The van der Waals surface area contributed by atoms with Crippen molar-refractivity contribution in [2.24, 2.45) is 0 Å². The van der Waals surface area contributed by atoms with Gasteiger partial charge in [0.2, 0.25) is 0 Å². The summed E-state index contributed by atoms with van der Waals surface area (Å²) in [6.45, 7) is 4.06. The van der Waals surface area contributed by atoms with Crippen LogP contribution in [0.3, 0.4) is 0 Å². The van der Waals surface area contributed by atoms with E-state index in [-0.39, 0.29) is 6.61 Å². The quantitative estimate of drug-likeness (QED) is 0.191. The zero-order valence-corrected chi connectivity index (χ0v) is 21.3. The lowest BCUT2D eigenvalue weighted by molar-refractivity contribution is 0.178. The molecule has 2 atom stereocenters. The first-order valence-corrected chi connectivity index (χ1v) is 13.4. The number of halogens is 2. The molecule has 0 spiro atoms. The van der Waals surface area contributed by atoms with Crippen molar-refractivity contribution in [3.8, 4) is 17.1 Å². The summed E-state index contributed by atoms with van der Waals surface area (Å²) < 4.78 is 32.7. The van der Waals surface area contributed by atoms with Gasteiger partial charge in [-0.05, 0) is 68.4 Å². The highest BCUT2D eigenvalue weighted by Crippen LogP contribution is 2.21. The van der Waals surface area contributed by atoms with Crippen LogP contribution in [0.4, 0.5) is 8.78 Å². The Hall–Kier alpha value is -2.04. The van der Waals surface area contributed by atoms with Crippen molar-refractivity contribution in [2.45, 2.75) is 116 Å². The standard InChI is InChI=1S/C29H44F2N2O/c1-3-5-6-7-8-9-10-11-12-14-24-21-32-29(33-22-24)25-17-19-28(20-18-25)34-23-27(31)16-13-15-26(30)4-2/h17-22,26-27H,3-16,23H2,1-2H3. The highest BCUT2D eigenvalue weighted by Gasteiger charge is 2.10. The van der Waals surface area contributed by atoms with Crippen LogP contribution in [0, 0.1) is 0 Å². The van der Waals surface area contributed by atoms with E-state index in [1.54, 1.807) is 0 Å². The number of nitrogens with zero attached hydrogens (tertiary/aromatic N) is 2. The highest BCUT2D eigenvalue weighted by atomic mass is 19.1. The van der Waals surface area contributed by atoms with Crippen LogP contribution in [-0.2, 0) is 6.42 Å². The molecule has 0 N–H and O–H groups in total. The summed E-state index contributed by atoms with van der Waals surface area (Å²) in [5, 5.41) is 0. The Morgan fingerprint density at radius 2 is 1.32 bits per heavy atom. The number of hydrogen-bond acceptors (Lipinski definition) is 3. The Bertz CT molecular complexity index is 752. The minimum atomic E-state index is -1.08. The van der Waals surface area contributed by atoms with Gasteiger partial charge in [-0.1, -0.05) is 65.2 Å². The second-order valence-electron chi connectivity index (χ2n) is 9.36. The molecule has 1 aromatic carbocycles. The number of unbranched alkanes of at least 4 members (excludes halogenated alkanes) is 8. The molecule has 3 nitrogen and oxygen atoms in total. The number of alkyl halides is 2. The number of ether oxygens (including phenoxy) is 1. The molecular weight excluding hydrogens is 430 g/mol. The molecule has 0 bridgehead atoms. The lowest BCUT2D eigenvalue weighted by Crippen LogP contribution is -2.13. The number of aromatic nitrogens is 2. The summed E-state index contributed by atoms with van der Waals surface area (Å²) in [6, 6.07) is 7.42. The van der Waals surface area contributed by atoms with E-state index in [9.17, 15) is 8.78 Å². The number of benzene rings is 1. The van der Waals surface area contributed by atoms with E-state index in [1.165, 1.54) is 63.4 Å². The summed E-state index contributed by atoms with van der Waals surface area (Å²) in [5.74, 6) is 1.30. The molecule has 1 aromatic heterocycles. The lowest BCUT2D eigenvalue weighted by atomic mass is 10.1. The van der Waals surface area contributed by atoms with Gasteiger partial charge in [-0.3, -0.25) is 0 Å². The average Bonchev–Trinajstić information content (AvgIpc) is 2.87. The Balaban J connectivity index is 1.64. The normalized spacial score (nSPS) is 13.1. The smallest absolute Gasteiger partial charge is 0.159 e. The van der Waals surface area contributed by atoms with Gasteiger partial charge in [-0.25, -0.2) is 18.7 Å². The molecule has 190 valence electrons. The fourth-order valence-corrected chi connectivity index (χ4v) is 4.01. The van der Waals surface area contributed by atoms with Crippen molar-refractivity contribution in [3.05, 3.63) is 42.2 Å². The number of rotatable bonds is 19. The molecule has 34 heavy (non-hydrogen) atoms. The van der Waals surface area contributed by atoms with Gasteiger partial charge in [0, 0.05) is 18.0 Å². The molecule has 0 radical (unpaired) electrons. The maximum Gasteiger partial charge on any atom is 0.159 e. The van der Waals surface area contributed by atoms with Gasteiger partial charge in [-0.15, -0.1) is 0 Å². The Labute approximate surface area is 205 Å². The van der Waals surface area contributed by atoms with Crippen LogP contribution in [0.2, 0.25) is 0 Å². The van der Waals surface area contributed by atoms with Crippen LogP contribution in [0.5, 0.6) is 5.75 Å². The molecule has 0 aliphatic rings. The molecule has 5 heteroatoms. The van der Waals surface area contributed by atoms with E-state index in [1.807, 2.05) is 43.6 Å². The van der Waals surface area contributed by atoms with Crippen molar-refractivity contribution in [2.75, 3.05) is 6.61 Å². The zero-order chi connectivity index (χ0) is 24.4. The number of hydrogen-bond donors (Lipinski definition) is 0. The highest BCUT2D eigenvalue weighted by molar-refractivity contribution is 5.55. The van der Waals surface area contributed by atoms with Gasteiger partial charge in [0.1, 0.15) is 18.5 Å². The van der Waals surface area contributed by atoms with Crippen molar-refractivity contribution in [3.63, 3.8) is 0 Å². The maximum absolute atomic E-state index is 14.0.